The number of methoxy groups -OCH3 is 4. The third-order valence-electron chi connectivity index (χ3n) is 6.81. The van der Waals surface area contributed by atoms with Crippen LogP contribution in [0, 0.1) is 0 Å². The molecule has 44 heavy (non-hydrogen) atoms. The van der Waals surface area contributed by atoms with Crippen molar-refractivity contribution in [2.24, 2.45) is 0 Å². The van der Waals surface area contributed by atoms with E-state index < -0.39 is 0 Å². The van der Waals surface area contributed by atoms with Gasteiger partial charge in [-0.05, 0) is 54.8 Å². The van der Waals surface area contributed by atoms with E-state index in [1.54, 1.807) is 50.6 Å². The first-order valence-corrected chi connectivity index (χ1v) is 15.0. The van der Waals surface area contributed by atoms with Crippen LogP contribution in [0.3, 0.4) is 0 Å². The van der Waals surface area contributed by atoms with Crippen LogP contribution in [-0.2, 0) is 22.6 Å². The molecule has 0 saturated heterocycles. The summed E-state index contributed by atoms with van der Waals surface area (Å²) in [5.74, 6) is 1.93. The zero-order valence-electron chi connectivity index (χ0n) is 25.2. The van der Waals surface area contributed by atoms with Gasteiger partial charge in [0.05, 0.1) is 50.8 Å². The molecule has 11 nitrogen and oxygen atoms in total. The first kappa shape index (κ1) is 32.2. The third-order valence-corrected chi connectivity index (χ3v) is 7.79. The molecule has 1 heterocycles. The Kier molecular flexibility index (Phi) is 11.5. The van der Waals surface area contributed by atoms with E-state index in [1.165, 1.54) is 18.8 Å². The second-order valence-corrected chi connectivity index (χ2v) is 10.6. The maximum Gasteiger partial charge on any atom is 0.262 e. The fourth-order valence-corrected chi connectivity index (χ4v) is 5.38. The molecule has 2 amide bonds. The standard InChI is InChI=1S/C32H36N4O7S/c1-40-22-12-14-26(41-2)25(19-22)34-30(38)20-44-32-35-24-9-6-5-8-23(24)31(39)36(32)17-7-10-29(37)33-16-15-21-11-13-27(42-3)28(18-21)43-4/h5-6,8-9,11-14,18-19H,7,10,15-17,20H2,1-4H3,(H,33,37)(H,34,38). The first-order valence-electron chi connectivity index (χ1n) is 14.0. The van der Waals surface area contributed by atoms with E-state index in [0.717, 1.165) is 17.3 Å². The molecule has 2 N–H and O–H groups in total. The molecule has 1 aromatic heterocycles. The van der Waals surface area contributed by atoms with Gasteiger partial charge in [0.2, 0.25) is 11.8 Å². The lowest BCUT2D eigenvalue weighted by Gasteiger charge is -2.14. The van der Waals surface area contributed by atoms with Gasteiger partial charge in [-0.2, -0.15) is 0 Å². The van der Waals surface area contributed by atoms with Crippen LogP contribution in [0.5, 0.6) is 23.0 Å². The number of hydrogen-bond acceptors (Lipinski definition) is 9. The van der Waals surface area contributed by atoms with Crippen LogP contribution in [0.1, 0.15) is 18.4 Å². The minimum atomic E-state index is -0.302. The summed E-state index contributed by atoms with van der Waals surface area (Å²) >= 11 is 1.15. The van der Waals surface area contributed by atoms with Gasteiger partial charge in [-0.3, -0.25) is 19.0 Å². The van der Waals surface area contributed by atoms with Gasteiger partial charge in [-0.15, -0.1) is 0 Å². The van der Waals surface area contributed by atoms with Gasteiger partial charge >= 0.3 is 0 Å². The Hall–Kier alpha value is -4.71. The van der Waals surface area contributed by atoms with Gasteiger partial charge in [-0.25, -0.2) is 4.98 Å². The molecular formula is C32H36N4O7S. The van der Waals surface area contributed by atoms with Crippen LogP contribution in [0.4, 0.5) is 5.69 Å². The predicted molar refractivity (Wildman–Crippen MR) is 170 cm³/mol. The number of nitrogens with one attached hydrogen (secondary N) is 2. The van der Waals surface area contributed by atoms with Gasteiger partial charge in [-0.1, -0.05) is 30.0 Å². The van der Waals surface area contributed by atoms with Crippen molar-refractivity contribution in [3.63, 3.8) is 0 Å². The number of benzene rings is 3. The van der Waals surface area contributed by atoms with Crippen molar-refractivity contribution in [2.45, 2.75) is 31.0 Å². The Morgan fingerprint density at radius 3 is 2.36 bits per heavy atom. The second kappa shape index (κ2) is 15.7. The molecule has 0 saturated carbocycles. The molecule has 0 unspecified atom stereocenters. The first-order chi connectivity index (χ1) is 21.4. The molecule has 0 aliphatic carbocycles. The highest BCUT2D eigenvalue weighted by atomic mass is 32.2. The van der Waals surface area contributed by atoms with Crippen molar-refractivity contribution in [3.8, 4) is 23.0 Å². The highest BCUT2D eigenvalue weighted by Gasteiger charge is 2.15. The zero-order chi connectivity index (χ0) is 31.5. The average molecular weight is 621 g/mol. The number of carbonyl (C=O) groups is 2. The molecular weight excluding hydrogens is 584 g/mol. The molecule has 12 heteroatoms. The minimum absolute atomic E-state index is 0.00176. The van der Waals surface area contributed by atoms with E-state index in [1.807, 2.05) is 24.3 Å². The summed E-state index contributed by atoms with van der Waals surface area (Å²) in [6.45, 7) is 0.730. The van der Waals surface area contributed by atoms with Crippen molar-refractivity contribution in [1.29, 1.82) is 0 Å². The van der Waals surface area contributed by atoms with Crippen molar-refractivity contribution in [2.75, 3.05) is 46.1 Å². The van der Waals surface area contributed by atoms with E-state index in [0.29, 0.717) is 64.1 Å². The monoisotopic (exact) mass is 620 g/mol. The van der Waals surface area contributed by atoms with Crippen LogP contribution >= 0.6 is 11.8 Å². The second-order valence-electron chi connectivity index (χ2n) is 9.66. The van der Waals surface area contributed by atoms with Crippen LogP contribution in [0.15, 0.2) is 70.6 Å². The largest absolute Gasteiger partial charge is 0.497 e. The highest BCUT2D eigenvalue weighted by Crippen LogP contribution is 2.30. The predicted octanol–water partition coefficient (Wildman–Crippen LogP) is 4.30. The molecule has 4 aromatic rings. The molecule has 232 valence electrons. The summed E-state index contributed by atoms with van der Waals surface area (Å²) in [7, 11) is 6.22. The number of rotatable bonds is 15. The van der Waals surface area contributed by atoms with Gasteiger partial charge in [0, 0.05) is 25.6 Å². The number of para-hydroxylation sites is 1. The van der Waals surface area contributed by atoms with Crippen molar-refractivity contribution >= 4 is 40.2 Å². The van der Waals surface area contributed by atoms with E-state index in [9.17, 15) is 14.4 Å². The van der Waals surface area contributed by atoms with Crippen LogP contribution in [0.2, 0.25) is 0 Å². The van der Waals surface area contributed by atoms with Gasteiger partial charge < -0.3 is 29.6 Å². The number of anilines is 1. The molecule has 0 spiro atoms. The lowest BCUT2D eigenvalue weighted by Crippen LogP contribution is -2.27. The fraction of sp³-hybridized carbons (Fsp3) is 0.312. The summed E-state index contributed by atoms with van der Waals surface area (Å²) < 4.78 is 22.7. The number of aromatic nitrogens is 2. The van der Waals surface area contributed by atoms with Gasteiger partial charge in [0.25, 0.3) is 5.56 Å². The maximum absolute atomic E-state index is 13.4. The number of amides is 2. The summed E-state index contributed by atoms with van der Waals surface area (Å²) in [6, 6.07) is 17.8. The van der Waals surface area contributed by atoms with E-state index >= 15 is 0 Å². The van der Waals surface area contributed by atoms with Gasteiger partial charge in [0.1, 0.15) is 11.5 Å². The molecule has 0 aliphatic rings. The number of nitrogens with zero attached hydrogens (tertiary/aromatic N) is 2. The molecule has 0 aliphatic heterocycles. The SMILES string of the molecule is COc1ccc(OC)c(NC(=O)CSc2nc3ccccc3c(=O)n2CCCC(=O)NCCc2ccc(OC)c(OC)c2)c1. The summed E-state index contributed by atoms with van der Waals surface area (Å²) in [4.78, 5) is 43.5. The van der Waals surface area contributed by atoms with Gasteiger partial charge in [0.15, 0.2) is 16.7 Å². The number of thioether (sulfide) groups is 1. The summed E-state index contributed by atoms with van der Waals surface area (Å²) in [5, 5.41) is 6.64. The Morgan fingerprint density at radius 1 is 0.864 bits per heavy atom. The molecule has 0 bridgehead atoms. The molecule has 4 rings (SSSR count). The quantitative estimate of drug-likeness (QED) is 0.148. The van der Waals surface area contributed by atoms with E-state index in [-0.39, 0.29) is 36.1 Å². The Balaban J connectivity index is 1.37. The number of fused-ring (bicyclic) bond motifs is 1. The van der Waals surface area contributed by atoms with Crippen molar-refractivity contribution in [1.82, 2.24) is 14.9 Å². The molecule has 0 atom stereocenters. The zero-order valence-corrected chi connectivity index (χ0v) is 26.0. The number of hydrogen-bond donors (Lipinski definition) is 2. The summed E-state index contributed by atoms with van der Waals surface area (Å²) in [6.07, 6.45) is 1.28. The Labute approximate surface area is 259 Å². The van der Waals surface area contributed by atoms with Crippen molar-refractivity contribution in [3.05, 3.63) is 76.6 Å². The van der Waals surface area contributed by atoms with Crippen LogP contribution < -0.4 is 35.1 Å². The van der Waals surface area contributed by atoms with E-state index in [2.05, 4.69) is 15.6 Å². The molecule has 0 fully saturated rings. The molecule has 3 aromatic carbocycles. The molecule has 0 radical (unpaired) electrons. The Bertz CT molecular complexity index is 1670. The lowest BCUT2D eigenvalue weighted by molar-refractivity contribution is -0.121. The van der Waals surface area contributed by atoms with E-state index in [4.69, 9.17) is 18.9 Å². The minimum Gasteiger partial charge on any atom is -0.497 e. The topological polar surface area (TPSA) is 130 Å². The Morgan fingerprint density at radius 2 is 1.61 bits per heavy atom. The number of carbonyl (C=O) groups excluding carboxylic acids is 2. The van der Waals surface area contributed by atoms with Crippen LogP contribution in [-0.4, -0.2) is 62.1 Å². The van der Waals surface area contributed by atoms with Crippen molar-refractivity contribution < 1.29 is 28.5 Å². The summed E-state index contributed by atoms with van der Waals surface area (Å²) in [5.41, 5.74) is 1.80. The smallest absolute Gasteiger partial charge is 0.262 e. The normalized spacial score (nSPS) is 10.7. The highest BCUT2D eigenvalue weighted by molar-refractivity contribution is 7.99. The van der Waals surface area contributed by atoms with Crippen LogP contribution in [0.25, 0.3) is 10.9 Å². The third kappa shape index (κ3) is 8.22. The maximum atomic E-state index is 13.4. The lowest BCUT2D eigenvalue weighted by atomic mass is 10.1. The number of ether oxygens (including phenoxy) is 4. The average Bonchev–Trinajstić information content (AvgIpc) is 3.04. The fourth-order valence-electron chi connectivity index (χ4n) is 4.55.